The Hall–Kier alpha value is -0.160. The summed E-state index contributed by atoms with van der Waals surface area (Å²) in [6, 6.07) is 0. The summed E-state index contributed by atoms with van der Waals surface area (Å²) in [5.74, 6) is 0. The lowest BCUT2D eigenvalue weighted by atomic mass is 10.4. The zero-order valence-corrected chi connectivity index (χ0v) is 8.14. The maximum atomic E-state index is 3.33. The molecule has 0 amide bonds. The smallest absolute Gasteiger partial charge is 0.0273 e. The molecule has 1 heterocycles. The van der Waals surface area contributed by atoms with Crippen molar-refractivity contribution in [3.8, 4) is 0 Å². The van der Waals surface area contributed by atoms with Crippen molar-refractivity contribution >= 4 is 0 Å². The molecule has 0 aromatic carbocycles. The van der Waals surface area contributed by atoms with Crippen LogP contribution in [0.1, 0.15) is 13.8 Å². The highest BCUT2D eigenvalue weighted by Crippen LogP contribution is 1.94. The number of rotatable bonds is 4. The lowest BCUT2D eigenvalue weighted by molar-refractivity contribution is 0.0615. The van der Waals surface area contributed by atoms with E-state index in [1.807, 2.05) is 0 Å². The largest absolute Gasteiger partial charge is 0.255 e. The Bertz CT molecular complexity index is 95.6. The lowest BCUT2D eigenvalue weighted by Gasteiger charge is -2.34. The first-order valence-corrected chi connectivity index (χ1v) is 4.83. The second-order valence-corrected chi connectivity index (χ2v) is 3.00. The van der Waals surface area contributed by atoms with Crippen LogP contribution in [0.25, 0.3) is 0 Å². The molecule has 1 rings (SSSR count). The molecule has 0 unspecified atom stereocenters. The Balaban J connectivity index is 2.11. The first-order valence-electron chi connectivity index (χ1n) is 4.83. The van der Waals surface area contributed by atoms with E-state index in [0.29, 0.717) is 0 Å². The summed E-state index contributed by atoms with van der Waals surface area (Å²) in [7, 11) is 0. The minimum absolute atomic E-state index is 1.03. The molecule has 0 bridgehead atoms. The molecule has 0 saturated carbocycles. The molecule has 4 nitrogen and oxygen atoms in total. The predicted octanol–water partition coefficient (Wildman–Crippen LogP) is -0.347. The molecular weight excluding hydrogens is 152 g/mol. The molecule has 1 fully saturated rings. The van der Waals surface area contributed by atoms with E-state index in [-0.39, 0.29) is 0 Å². The van der Waals surface area contributed by atoms with Gasteiger partial charge in [0.1, 0.15) is 0 Å². The van der Waals surface area contributed by atoms with Gasteiger partial charge < -0.3 is 0 Å². The van der Waals surface area contributed by atoms with E-state index >= 15 is 0 Å². The van der Waals surface area contributed by atoms with E-state index in [9.17, 15) is 0 Å². The molecule has 0 aromatic rings. The van der Waals surface area contributed by atoms with Crippen molar-refractivity contribution in [2.75, 3.05) is 39.3 Å². The standard InChI is InChI=1S/C8H20N4/c1-3-9-11-5-7-12(8-6-11)10-4-2/h9-10H,3-8H2,1-2H3. The zero-order valence-electron chi connectivity index (χ0n) is 8.14. The molecule has 0 radical (unpaired) electrons. The van der Waals surface area contributed by atoms with Gasteiger partial charge in [0.25, 0.3) is 0 Å². The number of hydrogen-bond donors (Lipinski definition) is 2. The molecule has 0 aliphatic carbocycles. The van der Waals surface area contributed by atoms with Crippen LogP contribution in [0.3, 0.4) is 0 Å². The molecule has 0 spiro atoms. The fourth-order valence-corrected chi connectivity index (χ4v) is 1.47. The number of hydrazine groups is 2. The predicted molar refractivity (Wildman–Crippen MR) is 50.5 cm³/mol. The van der Waals surface area contributed by atoms with Crippen LogP contribution in [0.5, 0.6) is 0 Å². The third kappa shape index (κ3) is 3.06. The van der Waals surface area contributed by atoms with Gasteiger partial charge in [-0.15, -0.1) is 0 Å². The number of nitrogens with zero attached hydrogens (tertiary/aromatic N) is 2. The summed E-state index contributed by atoms with van der Waals surface area (Å²) in [5, 5.41) is 4.57. The van der Waals surface area contributed by atoms with Gasteiger partial charge in [0.2, 0.25) is 0 Å². The highest BCUT2D eigenvalue weighted by Gasteiger charge is 2.14. The molecule has 4 heteroatoms. The lowest BCUT2D eigenvalue weighted by Crippen LogP contribution is -2.55. The SMILES string of the molecule is CCNN1CCN(NCC)CC1. The van der Waals surface area contributed by atoms with Crippen LogP contribution in [0.2, 0.25) is 0 Å². The summed E-state index contributed by atoms with van der Waals surface area (Å²) in [6.45, 7) is 10.8. The number of hydrogen-bond acceptors (Lipinski definition) is 4. The molecule has 1 saturated heterocycles. The van der Waals surface area contributed by atoms with Crippen LogP contribution >= 0.6 is 0 Å². The van der Waals surface area contributed by atoms with Crippen LogP contribution in [0.4, 0.5) is 0 Å². The molecule has 72 valence electrons. The van der Waals surface area contributed by atoms with Crippen molar-refractivity contribution in [3.63, 3.8) is 0 Å². The highest BCUT2D eigenvalue weighted by molar-refractivity contribution is 4.65. The van der Waals surface area contributed by atoms with E-state index in [0.717, 1.165) is 39.3 Å². The normalized spacial score (nSPS) is 21.5. The van der Waals surface area contributed by atoms with E-state index in [1.54, 1.807) is 0 Å². The van der Waals surface area contributed by atoms with Gasteiger partial charge >= 0.3 is 0 Å². The van der Waals surface area contributed by atoms with Crippen LogP contribution in [0.15, 0.2) is 0 Å². The molecule has 1 aliphatic heterocycles. The van der Waals surface area contributed by atoms with Crippen LogP contribution in [-0.4, -0.2) is 49.3 Å². The Labute approximate surface area is 74.8 Å². The van der Waals surface area contributed by atoms with Gasteiger partial charge in [-0.3, -0.25) is 10.9 Å². The van der Waals surface area contributed by atoms with Gasteiger partial charge in [-0.2, -0.15) is 0 Å². The molecule has 0 aromatic heterocycles. The molecular formula is C8H20N4. The van der Waals surface area contributed by atoms with Crippen molar-refractivity contribution < 1.29 is 0 Å². The average Bonchev–Trinajstić information content (AvgIpc) is 2.09. The van der Waals surface area contributed by atoms with Gasteiger partial charge in [0.15, 0.2) is 0 Å². The molecule has 2 N–H and O–H groups in total. The first kappa shape index (κ1) is 9.92. The van der Waals surface area contributed by atoms with Crippen LogP contribution in [0, 0.1) is 0 Å². The van der Waals surface area contributed by atoms with Crippen molar-refractivity contribution in [3.05, 3.63) is 0 Å². The Morgan fingerprint density at radius 1 is 0.833 bits per heavy atom. The molecule has 0 atom stereocenters. The maximum Gasteiger partial charge on any atom is 0.0273 e. The third-order valence-electron chi connectivity index (χ3n) is 2.04. The fraction of sp³-hybridized carbons (Fsp3) is 1.00. The zero-order chi connectivity index (χ0) is 8.81. The van der Waals surface area contributed by atoms with Gasteiger partial charge in [0.05, 0.1) is 0 Å². The number of nitrogens with one attached hydrogen (secondary N) is 2. The second kappa shape index (κ2) is 5.48. The van der Waals surface area contributed by atoms with E-state index in [1.165, 1.54) is 0 Å². The minimum Gasteiger partial charge on any atom is -0.255 e. The summed E-state index contributed by atoms with van der Waals surface area (Å²) >= 11 is 0. The highest BCUT2D eigenvalue weighted by atomic mass is 15.6. The third-order valence-corrected chi connectivity index (χ3v) is 2.04. The maximum absolute atomic E-state index is 3.33. The van der Waals surface area contributed by atoms with Crippen molar-refractivity contribution in [1.82, 2.24) is 20.9 Å². The van der Waals surface area contributed by atoms with Crippen molar-refractivity contribution in [2.45, 2.75) is 13.8 Å². The summed E-state index contributed by atoms with van der Waals surface area (Å²) in [6.07, 6.45) is 0. The summed E-state index contributed by atoms with van der Waals surface area (Å²) in [4.78, 5) is 0. The van der Waals surface area contributed by atoms with Gasteiger partial charge in [-0.1, -0.05) is 13.8 Å². The topological polar surface area (TPSA) is 30.5 Å². The van der Waals surface area contributed by atoms with E-state index in [4.69, 9.17) is 0 Å². The van der Waals surface area contributed by atoms with Gasteiger partial charge in [-0.25, -0.2) is 10.0 Å². The quantitative estimate of drug-likeness (QED) is 0.607. The Morgan fingerprint density at radius 2 is 1.17 bits per heavy atom. The Morgan fingerprint density at radius 3 is 1.42 bits per heavy atom. The van der Waals surface area contributed by atoms with Crippen molar-refractivity contribution in [1.29, 1.82) is 0 Å². The second-order valence-electron chi connectivity index (χ2n) is 3.00. The summed E-state index contributed by atoms with van der Waals surface area (Å²) < 4.78 is 0. The fourth-order valence-electron chi connectivity index (χ4n) is 1.47. The molecule has 12 heavy (non-hydrogen) atoms. The Kier molecular flexibility index (Phi) is 4.53. The monoisotopic (exact) mass is 172 g/mol. The van der Waals surface area contributed by atoms with E-state index in [2.05, 4.69) is 34.7 Å². The van der Waals surface area contributed by atoms with Gasteiger partial charge in [-0.05, 0) is 0 Å². The average molecular weight is 172 g/mol. The van der Waals surface area contributed by atoms with Gasteiger partial charge in [0, 0.05) is 39.3 Å². The van der Waals surface area contributed by atoms with Crippen LogP contribution in [-0.2, 0) is 0 Å². The number of piperazine rings is 1. The minimum atomic E-state index is 1.03. The summed E-state index contributed by atoms with van der Waals surface area (Å²) in [5.41, 5.74) is 6.65. The van der Waals surface area contributed by atoms with Crippen LogP contribution < -0.4 is 10.9 Å². The van der Waals surface area contributed by atoms with Crippen molar-refractivity contribution in [2.24, 2.45) is 0 Å². The molecule has 1 aliphatic rings. The van der Waals surface area contributed by atoms with E-state index < -0.39 is 0 Å². The first-order chi connectivity index (χ1) is 5.86.